The molecule has 0 rings (SSSR count). The molecule has 10 heteroatoms. The zero-order valence-electron chi connectivity index (χ0n) is 13.1. The third-order valence-electron chi connectivity index (χ3n) is 3.40. The molecule has 0 radical (unpaired) electrons. The molecule has 0 saturated heterocycles. The summed E-state index contributed by atoms with van der Waals surface area (Å²) in [7, 11) is 0. The molecule has 0 fully saturated rings. The summed E-state index contributed by atoms with van der Waals surface area (Å²) in [5, 5.41) is 13.4. The molecule has 0 aliphatic rings. The van der Waals surface area contributed by atoms with Crippen molar-refractivity contribution in [3.63, 3.8) is 0 Å². The molecule has 4 atom stereocenters. The highest BCUT2D eigenvalue weighted by Gasteiger charge is 2.29. The van der Waals surface area contributed by atoms with Crippen molar-refractivity contribution in [2.45, 2.75) is 44.8 Å². The fraction of sp³-hybridized carbons (Fsp3) is 0.692. The number of amides is 3. The summed E-state index contributed by atoms with van der Waals surface area (Å²) >= 11 is 3.82. The monoisotopic (exact) mass is 348 g/mol. The van der Waals surface area contributed by atoms with Gasteiger partial charge in [0.25, 0.3) is 0 Å². The zero-order valence-corrected chi connectivity index (χ0v) is 14.0. The van der Waals surface area contributed by atoms with Crippen LogP contribution < -0.4 is 22.1 Å². The van der Waals surface area contributed by atoms with Gasteiger partial charge in [0.1, 0.15) is 12.1 Å². The number of aliphatic carboxylic acids is 1. The molecule has 9 nitrogen and oxygen atoms in total. The second-order valence-electron chi connectivity index (χ2n) is 5.22. The van der Waals surface area contributed by atoms with E-state index < -0.39 is 48.2 Å². The Morgan fingerprint density at radius 3 is 2.04 bits per heavy atom. The fourth-order valence-electron chi connectivity index (χ4n) is 1.65. The zero-order chi connectivity index (χ0) is 18.2. The van der Waals surface area contributed by atoms with Crippen LogP contribution >= 0.6 is 12.6 Å². The predicted octanol–water partition coefficient (Wildman–Crippen LogP) is -1.78. The quantitative estimate of drug-likeness (QED) is 0.255. The van der Waals surface area contributed by atoms with E-state index in [4.69, 9.17) is 16.6 Å². The van der Waals surface area contributed by atoms with Gasteiger partial charge >= 0.3 is 5.97 Å². The minimum Gasteiger partial charge on any atom is -0.480 e. The second-order valence-corrected chi connectivity index (χ2v) is 5.59. The number of hydrogen-bond acceptors (Lipinski definition) is 6. The largest absolute Gasteiger partial charge is 0.480 e. The topological polar surface area (TPSA) is 165 Å². The van der Waals surface area contributed by atoms with Crippen molar-refractivity contribution < 1.29 is 24.3 Å². The minimum atomic E-state index is -1.29. The maximum Gasteiger partial charge on any atom is 0.327 e. The van der Waals surface area contributed by atoms with Crippen LogP contribution in [0, 0.1) is 5.92 Å². The summed E-state index contributed by atoms with van der Waals surface area (Å²) in [6.45, 7) is 3.63. The van der Waals surface area contributed by atoms with Gasteiger partial charge < -0.3 is 27.2 Å². The maximum atomic E-state index is 12.1. The van der Waals surface area contributed by atoms with Crippen molar-refractivity contribution in [1.29, 1.82) is 0 Å². The lowest BCUT2D eigenvalue weighted by Crippen LogP contribution is -2.56. The highest BCUT2D eigenvalue weighted by Crippen LogP contribution is 2.06. The van der Waals surface area contributed by atoms with Crippen LogP contribution in [0.4, 0.5) is 0 Å². The summed E-state index contributed by atoms with van der Waals surface area (Å²) in [6.07, 6.45) is 0.186. The van der Waals surface area contributed by atoms with Crippen molar-refractivity contribution in [2.24, 2.45) is 17.4 Å². The van der Waals surface area contributed by atoms with Crippen molar-refractivity contribution >= 4 is 36.3 Å². The smallest absolute Gasteiger partial charge is 0.327 e. The van der Waals surface area contributed by atoms with Crippen LogP contribution in [-0.4, -0.2) is 52.7 Å². The summed E-state index contributed by atoms with van der Waals surface area (Å²) in [5.74, 6) is -3.83. The molecule has 23 heavy (non-hydrogen) atoms. The average Bonchev–Trinajstić information content (AvgIpc) is 2.48. The van der Waals surface area contributed by atoms with Gasteiger partial charge in [-0.25, -0.2) is 4.79 Å². The molecule has 0 bridgehead atoms. The van der Waals surface area contributed by atoms with Gasteiger partial charge in [-0.05, 0) is 5.92 Å². The molecule has 0 aromatic rings. The van der Waals surface area contributed by atoms with Crippen LogP contribution in [0.3, 0.4) is 0 Å². The third kappa shape index (κ3) is 7.33. The summed E-state index contributed by atoms with van der Waals surface area (Å²) in [6, 6.07) is -3.40. The lowest BCUT2D eigenvalue weighted by molar-refractivity contribution is -0.141. The lowest BCUT2D eigenvalue weighted by Gasteiger charge is -2.23. The molecule has 0 aromatic carbocycles. The first-order valence-electron chi connectivity index (χ1n) is 7.12. The van der Waals surface area contributed by atoms with Crippen LogP contribution in [-0.2, 0) is 19.2 Å². The molecular weight excluding hydrogens is 324 g/mol. The van der Waals surface area contributed by atoms with Gasteiger partial charge in [-0.1, -0.05) is 20.3 Å². The summed E-state index contributed by atoms with van der Waals surface area (Å²) in [4.78, 5) is 46.1. The van der Waals surface area contributed by atoms with Crippen LogP contribution in [0.15, 0.2) is 0 Å². The average molecular weight is 348 g/mol. The maximum absolute atomic E-state index is 12.1. The van der Waals surface area contributed by atoms with E-state index in [0.717, 1.165) is 0 Å². The SMILES string of the molecule is CC[C@H](C)[C@H](N)C(=O)N[C@@H](CC(N)=O)C(=O)N[C@@H](CS)C(=O)O. The van der Waals surface area contributed by atoms with E-state index in [1.165, 1.54) is 0 Å². The van der Waals surface area contributed by atoms with Gasteiger partial charge in [0.2, 0.25) is 17.7 Å². The molecule has 0 heterocycles. The van der Waals surface area contributed by atoms with E-state index in [1.54, 1.807) is 6.92 Å². The number of carboxylic acid groups (broad SMARTS) is 1. The third-order valence-corrected chi connectivity index (χ3v) is 3.76. The first kappa shape index (κ1) is 21.2. The van der Waals surface area contributed by atoms with Gasteiger partial charge in [-0.15, -0.1) is 0 Å². The molecule has 3 amide bonds. The first-order chi connectivity index (χ1) is 10.6. The van der Waals surface area contributed by atoms with Crippen LogP contribution in [0.5, 0.6) is 0 Å². The number of nitrogens with two attached hydrogens (primary N) is 2. The fourth-order valence-corrected chi connectivity index (χ4v) is 1.90. The Labute approximate surface area is 139 Å². The van der Waals surface area contributed by atoms with Crippen molar-refractivity contribution in [2.75, 3.05) is 5.75 Å². The highest BCUT2D eigenvalue weighted by molar-refractivity contribution is 7.80. The summed E-state index contributed by atoms with van der Waals surface area (Å²) in [5.41, 5.74) is 10.8. The molecule has 0 aromatic heterocycles. The number of carbonyl (C=O) groups is 4. The van der Waals surface area contributed by atoms with Crippen LogP contribution in [0.25, 0.3) is 0 Å². The molecule has 0 unspecified atom stereocenters. The number of carboxylic acids is 1. The van der Waals surface area contributed by atoms with E-state index in [-0.39, 0.29) is 11.7 Å². The first-order valence-corrected chi connectivity index (χ1v) is 7.75. The van der Waals surface area contributed by atoms with Crippen LogP contribution in [0.1, 0.15) is 26.7 Å². The standard InChI is InChI=1S/C13H24N4O5S/c1-3-6(2)10(15)12(20)16-7(4-9(14)18)11(19)17-8(5-23)13(21)22/h6-8,10,23H,3-5,15H2,1-2H3,(H2,14,18)(H,16,20)(H,17,19)(H,21,22)/t6-,7-,8-,10-/m0/s1. The minimum absolute atomic E-state index is 0.128. The Balaban J connectivity index is 5.00. The Kier molecular flexibility index (Phi) is 9.27. The molecule has 7 N–H and O–H groups in total. The molecule has 132 valence electrons. The Bertz CT molecular complexity index is 460. The highest BCUT2D eigenvalue weighted by atomic mass is 32.1. The summed E-state index contributed by atoms with van der Waals surface area (Å²) < 4.78 is 0. The Morgan fingerprint density at radius 1 is 1.13 bits per heavy atom. The molecular formula is C13H24N4O5S. The number of nitrogens with one attached hydrogen (secondary N) is 2. The molecule has 0 saturated carbocycles. The van der Waals surface area contributed by atoms with Gasteiger partial charge in [0.15, 0.2) is 0 Å². The van der Waals surface area contributed by atoms with E-state index in [9.17, 15) is 19.2 Å². The van der Waals surface area contributed by atoms with E-state index in [0.29, 0.717) is 6.42 Å². The van der Waals surface area contributed by atoms with E-state index >= 15 is 0 Å². The molecule has 0 aliphatic carbocycles. The van der Waals surface area contributed by atoms with Crippen molar-refractivity contribution in [3.05, 3.63) is 0 Å². The van der Waals surface area contributed by atoms with Gasteiger partial charge in [0, 0.05) is 5.75 Å². The van der Waals surface area contributed by atoms with Gasteiger partial charge in [-0.3, -0.25) is 14.4 Å². The van der Waals surface area contributed by atoms with Crippen molar-refractivity contribution in [1.82, 2.24) is 10.6 Å². The molecule has 0 aliphatic heterocycles. The van der Waals surface area contributed by atoms with Gasteiger partial charge in [0.05, 0.1) is 12.5 Å². The van der Waals surface area contributed by atoms with Gasteiger partial charge in [-0.2, -0.15) is 12.6 Å². The number of primary amides is 1. The number of carbonyl (C=O) groups excluding carboxylic acids is 3. The Hall–Kier alpha value is -1.81. The number of rotatable bonds is 10. The van der Waals surface area contributed by atoms with E-state index in [1.807, 2.05) is 6.92 Å². The van der Waals surface area contributed by atoms with Crippen molar-refractivity contribution in [3.8, 4) is 0 Å². The second kappa shape index (κ2) is 10.1. The number of hydrogen-bond donors (Lipinski definition) is 6. The van der Waals surface area contributed by atoms with E-state index in [2.05, 4.69) is 23.3 Å². The molecule has 0 spiro atoms. The predicted molar refractivity (Wildman–Crippen MR) is 86.6 cm³/mol. The van der Waals surface area contributed by atoms with Crippen LogP contribution in [0.2, 0.25) is 0 Å². The lowest BCUT2D eigenvalue weighted by atomic mass is 9.99. The number of thiol groups is 1. The Morgan fingerprint density at radius 2 is 1.65 bits per heavy atom. The normalized spacial score (nSPS) is 15.8.